The highest BCUT2D eigenvalue weighted by Crippen LogP contribution is 2.50. The number of nitrogens with one attached hydrogen (secondary N) is 1. The lowest BCUT2D eigenvalue weighted by Crippen LogP contribution is -2.29. The van der Waals surface area contributed by atoms with E-state index in [2.05, 4.69) is 66.0 Å². The Labute approximate surface area is 177 Å². The van der Waals surface area contributed by atoms with Gasteiger partial charge in [0.2, 0.25) is 0 Å². The van der Waals surface area contributed by atoms with Crippen LogP contribution < -0.4 is 10.1 Å². The third-order valence-electron chi connectivity index (χ3n) is 6.26. The third kappa shape index (κ3) is 3.52. The molecular formula is C27H25NO2. The second-order valence-corrected chi connectivity index (χ2v) is 8.18. The van der Waals surface area contributed by atoms with Crippen molar-refractivity contribution < 1.29 is 9.53 Å². The Morgan fingerprint density at radius 2 is 1.83 bits per heavy atom. The molecule has 0 fully saturated rings. The molecule has 0 saturated heterocycles. The maximum Gasteiger partial charge on any atom is 0.159 e. The maximum absolute atomic E-state index is 11.8. The van der Waals surface area contributed by atoms with Crippen LogP contribution in [0.15, 0.2) is 84.9 Å². The summed E-state index contributed by atoms with van der Waals surface area (Å²) >= 11 is 0. The highest BCUT2D eigenvalue weighted by Gasteiger charge is 2.38. The van der Waals surface area contributed by atoms with E-state index in [0.29, 0.717) is 18.4 Å². The first-order valence-electron chi connectivity index (χ1n) is 10.5. The normalized spacial score (nSPS) is 21.4. The van der Waals surface area contributed by atoms with E-state index in [0.717, 1.165) is 29.0 Å². The molecule has 3 aromatic rings. The smallest absolute Gasteiger partial charge is 0.159 e. The van der Waals surface area contributed by atoms with Crippen molar-refractivity contribution in [2.45, 2.75) is 31.9 Å². The molecule has 0 spiro atoms. The molecule has 3 heteroatoms. The molecule has 1 heterocycles. The summed E-state index contributed by atoms with van der Waals surface area (Å²) in [5.74, 6) is 1.80. The fraction of sp³-hybridized carbons (Fsp3) is 0.222. The molecule has 3 atom stereocenters. The minimum Gasteiger partial charge on any atom is -0.489 e. The van der Waals surface area contributed by atoms with Gasteiger partial charge in [0, 0.05) is 17.2 Å². The van der Waals surface area contributed by atoms with Crippen molar-refractivity contribution >= 4 is 11.5 Å². The summed E-state index contributed by atoms with van der Waals surface area (Å²) in [5.41, 5.74) is 5.58. The Morgan fingerprint density at radius 1 is 1.03 bits per heavy atom. The van der Waals surface area contributed by atoms with Crippen molar-refractivity contribution in [1.82, 2.24) is 0 Å². The fourth-order valence-electron chi connectivity index (χ4n) is 4.66. The molecule has 5 rings (SSSR count). The first kappa shape index (κ1) is 18.7. The van der Waals surface area contributed by atoms with Gasteiger partial charge >= 0.3 is 0 Å². The minimum absolute atomic E-state index is 0.115. The largest absolute Gasteiger partial charge is 0.489 e. The number of fused-ring (bicyclic) bond motifs is 3. The van der Waals surface area contributed by atoms with Gasteiger partial charge in [0.1, 0.15) is 12.4 Å². The molecule has 0 amide bonds. The van der Waals surface area contributed by atoms with E-state index in [4.69, 9.17) is 4.74 Å². The zero-order valence-electron chi connectivity index (χ0n) is 17.0. The summed E-state index contributed by atoms with van der Waals surface area (Å²) in [5, 5.41) is 3.74. The van der Waals surface area contributed by atoms with Crippen LogP contribution in [0.25, 0.3) is 0 Å². The number of carbonyl (C=O) groups excluding carboxylic acids is 1. The highest BCUT2D eigenvalue weighted by molar-refractivity contribution is 5.95. The lowest BCUT2D eigenvalue weighted by atomic mass is 9.76. The van der Waals surface area contributed by atoms with Crippen LogP contribution >= 0.6 is 0 Å². The molecule has 30 heavy (non-hydrogen) atoms. The Kier molecular flexibility index (Phi) is 4.88. The first-order chi connectivity index (χ1) is 14.7. The lowest BCUT2D eigenvalue weighted by Gasteiger charge is -2.37. The summed E-state index contributed by atoms with van der Waals surface area (Å²) in [6.07, 6.45) is 5.62. The van der Waals surface area contributed by atoms with Crippen LogP contribution in [0.4, 0.5) is 5.69 Å². The Bertz CT molecular complexity index is 1090. The standard InChI is InChI=1S/C27H25NO2/c1-18(29)21-12-15-26-25(16-21)23-8-5-9-24(23)27(28-26)20-10-13-22(14-11-20)30-17-19-6-3-2-4-7-19/h2-8,10-16,23-24,27-28H,9,17H2,1H3/t23-,24+,27+/m1/s1. The van der Waals surface area contributed by atoms with Crippen LogP contribution in [0.5, 0.6) is 5.75 Å². The van der Waals surface area contributed by atoms with Crippen molar-refractivity contribution in [2.75, 3.05) is 5.32 Å². The average molecular weight is 396 g/mol. The van der Waals surface area contributed by atoms with E-state index in [9.17, 15) is 4.79 Å². The summed E-state index contributed by atoms with van der Waals surface area (Å²) < 4.78 is 5.95. The second-order valence-electron chi connectivity index (χ2n) is 8.18. The summed E-state index contributed by atoms with van der Waals surface area (Å²) in [6.45, 7) is 2.20. The van der Waals surface area contributed by atoms with Gasteiger partial charge in [-0.25, -0.2) is 0 Å². The van der Waals surface area contributed by atoms with Gasteiger partial charge in [0.15, 0.2) is 5.78 Å². The number of benzene rings is 3. The molecule has 0 radical (unpaired) electrons. The Balaban J connectivity index is 1.36. The molecule has 1 aliphatic carbocycles. The predicted molar refractivity (Wildman–Crippen MR) is 120 cm³/mol. The number of hydrogen-bond acceptors (Lipinski definition) is 3. The van der Waals surface area contributed by atoms with Gasteiger partial charge < -0.3 is 10.1 Å². The van der Waals surface area contributed by atoms with Gasteiger partial charge in [0.05, 0.1) is 6.04 Å². The van der Waals surface area contributed by atoms with E-state index in [-0.39, 0.29) is 11.8 Å². The number of allylic oxidation sites excluding steroid dienone is 2. The SMILES string of the molecule is CC(=O)c1ccc2c(c1)[C@@H]1C=CC[C@@H]1[C@H](c1ccc(OCc3ccccc3)cc1)N2. The number of hydrogen-bond donors (Lipinski definition) is 1. The van der Waals surface area contributed by atoms with Crippen molar-refractivity contribution in [1.29, 1.82) is 0 Å². The number of ether oxygens (including phenoxy) is 1. The fourth-order valence-corrected chi connectivity index (χ4v) is 4.66. The van der Waals surface area contributed by atoms with Crippen molar-refractivity contribution in [3.63, 3.8) is 0 Å². The number of anilines is 1. The van der Waals surface area contributed by atoms with Gasteiger partial charge in [-0.2, -0.15) is 0 Å². The third-order valence-corrected chi connectivity index (χ3v) is 6.26. The van der Waals surface area contributed by atoms with E-state index < -0.39 is 0 Å². The van der Waals surface area contributed by atoms with Gasteiger partial charge in [0.25, 0.3) is 0 Å². The van der Waals surface area contributed by atoms with Crippen LogP contribution in [0.1, 0.15) is 52.4 Å². The van der Waals surface area contributed by atoms with E-state index in [1.807, 2.05) is 24.3 Å². The molecule has 150 valence electrons. The molecular weight excluding hydrogens is 370 g/mol. The highest BCUT2D eigenvalue weighted by atomic mass is 16.5. The van der Waals surface area contributed by atoms with Gasteiger partial charge in [-0.15, -0.1) is 0 Å². The van der Waals surface area contributed by atoms with Gasteiger partial charge in [-0.3, -0.25) is 4.79 Å². The molecule has 3 nitrogen and oxygen atoms in total. The van der Waals surface area contributed by atoms with E-state index >= 15 is 0 Å². The van der Waals surface area contributed by atoms with Crippen LogP contribution in [-0.4, -0.2) is 5.78 Å². The van der Waals surface area contributed by atoms with Crippen molar-refractivity contribution in [3.8, 4) is 5.75 Å². The first-order valence-corrected chi connectivity index (χ1v) is 10.5. The second kappa shape index (κ2) is 7.83. The van der Waals surface area contributed by atoms with Crippen LogP contribution in [0.3, 0.4) is 0 Å². The van der Waals surface area contributed by atoms with E-state index in [1.165, 1.54) is 11.1 Å². The zero-order valence-corrected chi connectivity index (χ0v) is 17.0. The maximum atomic E-state index is 11.8. The van der Waals surface area contributed by atoms with Crippen LogP contribution in [-0.2, 0) is 6.61 Å². The summed E-state index contributed by atoms with van der Waals surface area (Å²) in [6, 6.07) is 25.0. The van der Waals surface area contributed by atoms with Crippen molar-refractivity contribution in [3.05, 3.63) is 107 Å². The molecule has 2 aliphatic rings. The van der Waals surface area contributed by atoms with Crippen molar-refractivity contribution in [2.24, 2.45) is 5.92 Å². The molecule has 0 unspecified atom stereocenters. The summed E-state index contributed by atoms with van der Waals surface area (Å²) in [7, 11) is 0. The Morgan fingerprint density at radius 3 is 2.60 bits per heavy atom. The molecule has 1 aliphatic heterocycles. The zero-order chi connectivity index (χ0) is 20.5. The van der Waals surface area contributed by atoms with Crippen LogP contribution in [0.2, 0.25) is 0 Å². The monoisotopic (exact) mass is 395 g/mol. The van der Waals surface area contributed by atoms with Crippen LogP contribution in [0, 0.1) is 5.92 Å². The average Bonchev–Trinajstić information content (AvgIpc) is 3.28. The molecule has 0 aromatic heterocycles. The number of Topliss-reactive ketones (excluding diaryl/α,β-unsaturated/α-hetero) is 1. The summed E-state index contributed by atoms with van der Waals surface area (Å²) in [4.78, 5) is 11.8. The molecule has 0 bridgehead atoms. The lowest BCUT2D eigenvalue weighted by molar-refractivity contribution is 0.101. The predicted octanol–water partition coefficient (Wildman–Crippen LogP) is 6.29. The molecule has 1 N–H and O–H groups in total. The van der Waals surface area contributed by atoms with Gasteiger partial charge in [-0.05, 0) is 66.3 Å². The van der Waals surface area contributed by atoms with Gasteiger partial charge in [-0.1, -0.05) is 54.6 Å². The quantitative estimate of drug-likeness (QED) is 0.407. The molecule has 0 saturated carbocycles. The number of rotatable bonds is 5. The minimum atomic E-state index is 0.115. The molecule has 3 aromatic carbocycles. The van der Waals surface area contributed by atoms with E-state index in [1.54, 1.807) is 6.92 Å². The number of ketones is 1. The number of carbonyl (C=O) groups is 1. The Hall–Kier alpha value is -3.33. The topological polar surface area (TPSA) is 38.3 Å².